The van der Waals surface area contributed by atoms with Crippen LogP contribution in [0.5, 0.6) is 0 Å². The van der Waals surface area contributed by atoms with Crippen LogP contribution in [0.25, 0.3) is 0 Å². The summed E-state index contributed by atoms with van der Waals surface area (Å²) < 4.78 is 2.05. The molecule has 0 fully saturated rings. The van der Waals surface area contributed by atoms with Gasteiger partial charge in [-0.25, -0.2) is 4.98 Å². The summed E-state index contributed by atoms with van der Waals surface area (Å²) >= 11 is 5.98. The maximum absolute atomic E-state index is 5.98. The smallest absolute Gasteiger partial charge is 0.202 e. The number of aryl methyl sites for hydroxylation is 1. The number of rotatable bonds is 5. The quantitative estimate of drug-likeness (QED) is 0.742. The zero-order valence-corrected chi connectivity index (χ0v) is 8.88. The van der Waals surface area contributed by atoms with Crippen LogP contribution >= 0.6 is 11.6 Å². The number of halogens is 1. The van der Waals surface area contributed by atoms with E-state index in [1.54, 1.807) is 6.20 Å². The summed E-state index contributed by atoms with van der Waals surface area (Å²) in [5.41, 5.74) is 0. The van der Waals surface area contributed by atoms with E-state index in [9.17, 15) is 0 Å². The molecule has 0 saturated heterocycles. The maximum Gasteiger partial charge on any atom is 0.202 e. The second-order valence-electron chi connectivity index (χ2n) is 2.92. The molecule has 0 aliphatic carbocycles. The molecule has 0 radical (unpaired) electrons. The lowest BCUT2D eigenvalue weighted by Gasteiger charge is -2.10. The molecule has 0 aliphatic heterocycles. The average Bonchev–Trinajstić information content (AvgIpc) is 2.61. The van der Waals surface area contributed by atoms with Gasteiger partial charge in [0.2, 0.25) is 5.95 Å². The standard InChI is InChI=1S/C9H16ClN3/c1-3-8(10)7-12-9-11-5-6-13(9)4-2/h5-6,8H,3-4,7H2,1-2H3,(H,11,12). The number of aromatic nitrogens is 2. The van der Waals surface area contributed by atoms with Gasteiger partial charge in [-0.05, 0) is 13.3 Å². The predicted octanol–water partition coefficient (Wildman–Crippen LogP) is 2.33. The van der Waals surface area contributed by atoms with Crippen molar-refractivity contribution in [2.45, 2.75) is 32.2 Å². The Hall–Kier alpha value is -0.700. The molecule has 1 rings (SSSR count). The molecule has 0 saturated carbocycles. The van der Waals surface area contributed by atoms with Crippen LogP contribution in [0.2, 0.25) is 0 Å². The monoisotopic (exact) mass is 201 g/mol. The Morgan fingerprint density at radius 1 is 1.62 bits per heavy atom. The first-order valence-electron chi connectivity index (χ1n) is 4.67. The fraction of sp³-hybridized carbons (Fsp3) is 0.667. The summed E-state index contributed by atoms with van der Waals surface area (Å²) in [7, 11) is 0. The van der Waals surface area contributed by atoms with Crippen LogP contribution in [0.15, 0.2) is 12.4 Å². The summed E-state index contributed by atoms with van der Waals surface area (Å²) in [6, 6.07) is 0. The molecule has 1 atom stereocenters. The van der Waals surface area contributed by atoms with Crippen LogP contribution in [0.1, 0.15) is 20.3 Å². The lowest BCUT2D eigenvalue weighted by atomic mass is 10.3. The predicted molar refractivity (Wildman–Crippen MR) is 56.3 cm³/mol. The molecule has 0 spiro atoms. The summed E-state index contributed by atoms with van der Waals surface area (Å²) in [6.07, 6.45) is 4.72. The van der Waals surface area contributed by atoms with Crippen LogP contribution < -0.4 is 5.32 Å². The second kappa shape index (κ2) is 5.12. The van der Waals surface area contributed by atoms with Gasteiger partial charge in [0.25, 0.3) is 0 Å². The van der Waals surface area contributed by atoms with E-state index in [1.807, 2.05) is 6.20 Å². The SMILES string of the molecule is CCC(Cl)CNc1nccn1CC. The van der Waals surface area contributed by atoms with Crippen molar-refractivity contribution >= 4 is 17.5 Å². The third-order valence-electron chi connectivity index (χ3n) is 1.98. The van der Waals surface area contributed by atoms with Crippen molar-refractivity contribution in [3.63, 3.8) is 0 Å². The minimum absolute atomic E-state index is 0.182. The Balaban J connectivity index is 2.44. The lowest BCUT2D eigenvalue weighted by Crippen LogP contribution is -2.15. The van der Waals surface area contributed by atoms with E-state index >= 15 is 0 Å². The number of imidazole rings is 1. The molecule has 1 aromatic heterocycles. The van der Waals surface area contributed by atoms with Gasteiger partial charge in [0.1, 0.15) is 0 Å². The lowest BCUT2D eigenvalue weighted by molar-refractivity contribution is 0.753. The van der Waals surface area contributed by atoms with Gasteiger partial charge in [-0.3, -0.25) is 0 Å². The summed E-state index contributed by atoms with van der Waals surface area (Å²) in [5, 5.41) is 3.40. The first-order chi connectivity index (χ1) is 6.27. The molecule has 0 aliphatic rings. The number of alkyl halides is 1. The molecule has 0 aromatic carbocycles. The van der Waals surface area contributed by atoms with E-state index in [4.69, 9.17) is 11.6 Å². The Kier molecular flexibility index (Phi) is 4.09. The summed E-state index contributed by atoms with van der Waals surface area (Å²) in [4.78, 5) is 4.19. The number of anilines is 1. The van der Waals surface area contributed by atoms with E-state index in [1.165, 1.54) is 0 Å². The topological polar surface area (TPSA) is 29.9 Å². The fourth-order valence-corrected chi connectivity index (χ4v) is 1.16. The van der Waals surface area contributed by atoms with Crippen LogP contribution in [0.4, 0.5) is 5.95 Å². The maximum atomic E-state index is 5.98. The molecule has 1 aromatic rings. The van der Waals surface area contributed by atoms with Gasteiger partial charge >= 0.3 is 0 Å². The molecule has 13 heavy (non-hydrogen) atoms. The van der Waals surface area contributed by atoms with Crippen molar-refractivity contribution in [3.8, 4) is 0 Å². The molecule has 1 heterocycles. The molecule has 0 bridgehead atoms. The Bertz CT molecular complexity index is 247. The fourth-order valence-electron chi connectivity index (χ4n) is 1.08. The van der Waals surface area contributed by atoms with Crippen LogP contribution in [0, 0.1) is 0 Å². The molecule has 0 amide bonds. The summed E-state index contributed by atoms with van der Waals surface area (Å²) in [5.74, 6) is 0.904. The number of nitrogens with one attached hydrogen (secondary N) is 1. The molecule has 3 nitrogen and oxygen atoms in total. The van der Waals surface area contributed by atoms with Gasteiger partial charge in [0.05, 0.1) is 5.38 Å². The first kappa shape index (κ1) is 10.4. The molecular formula is C9H16ClN3. The molecule has 1 N–H and O–H groups in total. The van der Waals surface area contributed by atoms with Crippen molar-refractivity contribution in [2.24, 2.45) is 0 Å². The van der Waals surface area contributed by atoms with Gasteiger partial charge in [-0.1, -0.05) is 6.92 Å². The Labute approximate surface area is 84.1 Å². The molecule has 4 heteroatoms. The molecule has 1 unspecified atom stereocenters. The highest BCUT2D eigenvalue weighted by Crippen LogP contribution is 2.06. The van der Waals surface area contributed by atoms with Crippen molar-refractivity contribution in [1.29, 1.82) is 0 Å². The first-order valence-corrected chi connectivity index (χ1v) is 5.10. The molecular weight excluding hydrogens is 186 g/mol. The number of hydrogen-bond acceptors (Lipinski definition) is 2. The minimum Gasteiger partial charge on any atom is -0.354 e. The Morgan fingerprint density at radius 2 is 2.38 bits per heavy atom. The Morgan fingerprint density at radius 3 is 3.00 bits per heavy atom. The molecule has 74 valence electrons. The highest BCUT2D eigenvalue weighted by atomic mass is 35.5. The zero-order chi connectivity index (χ0) is 9.68. The van der Waals surface area contributed by atoms with E-state index < -0.39 is 0 Å². The average molecular weight is 202 g/mol. The number of hydrogen-bond donors (Lipinski definition) is 1. The van der Waals surface area contributed by atoms with Crippen molar-refractivity contribution in [1.82, 2.24) is 9.55 Å². The zero-order valence-electron chi connectivity index (χ0n) is 8.13. The van der Waals surface area contributed by atoms with Crippen LogP contribution in [-0.4, -0.2) is 21.5 Å². The van der Waals surface area contributed by atoms with Crippen LogP contribution in [0.3, 0.4) is 0 Å². The van der Waals surface area contributed by atoms with Crippen molar-refractivity contribution in [2.75, 3.05) is 11.9 Å². The van der Waals surface area contributed by atoms with Gasteiger partial charge in [-0.2, -0.15) is 0 Å². The minimum atomic E-state index is 0.182. The second-order valence-corrected chi connectivity index (χ2v) is 3.54. The van der Waals surface area contributed by atoms with E-state index in [0.29, 0.717) is 0 Å². The summed E-state index contributed by atoms with van der Waals surface area (Å²) in [6.45, 7) is 5.87. The van der Waals surface area contributed by atoms with Gasteiger partial charge in [0.15, 0.2) is 0 Å². The van der Waals surface area contributed by atoms with E-state index in [-0.39, 0.29) is 5.38 Å². The van der Waals surface area contributed by atoms with Crippen molar-refractivity contribution < 1.29 is 0 Å². The van der Waals surface area contributed by atoms with Crippen molar-refractivity contribution in [3.05, 3.63) is 12.4 Å². The highest BCUT2D eigenvalue weighted by molar-refractivity contribution is 6.20. The van der Waals surface area contributed by atoms with Gasteiger partial charge < -0.3 is 9.88 Å². The third kappa shape index (κ3) is 2.92. The van der Waals surface area contributed by atoms with E-state index in [2.05, 4.69) is 28.7 Å². The van der Waals surface area contributed by atoms with Gasteiger partial charge in [0, 0.05) is 25.5 Å². The third-order valence-corrected chi connectivity index (χ3v) is 2.44. The number of nitrogens with zero attached hydrogens (tertiary/aromatic N) is 2. The highest BCUT2D eigenvalue weighted by Gasteiger charge is 2.03. The van der Waals surface area contributed by atoms with Gasteiger partial charge in [-0.15, -0.1) is 11.6 Å². The van der Waals surface area contributed by atoms with Crippen LogP contribution in [-0.2, 0) is 6.54 Å². The largest absolute Gasteiger partial charge is 0.354 e. The van der Waals surface area contributed by atoms with E-state index in [0.717, 1.165) is 25.5 Å². The normalized spacial score (nSPS) is 12.8.